The standard InChI is InChI=1S/C12H18N2O4/c1-3-12(7-15,8-16)13-10-6-9(2)4-5-11(10)14(17)18/h4-6,13,15-16H,3,7-8H2,1-2H3. The fourth-order valence-corrected chi connectivity index (χ4v) is 1.64. The minimum atomic E-state index is -0.946. The van der Waals surface area contributed by atoms with Crippen molar-refractivity contribution >= 4 is 11.4 Å². The Bertz CT molecular complexity index is 422. The second kappa shape index (κ2) is 5.79. The third-order valence-corrected chi connectivity index (χ3v) is 3.03. The predicted octanol–water partition coefficient (Wildman–Crippen LogP) is 1.45. The molecule has 0 radical (unpaired) electrons. The van der Waals surface area contributed by atoms with Crippen molar-refractivity contribution in [2.45, 2.75) is 25.8 Å². The Kier molecular flexibility index (Phi) is 4.63. The van der Waals surface area contributed by atoms with Crippen molar-refractivity contribution in [3.8, 4) is 0 Å². The van der Waals surface area contributed by atoms with Gasteiger partial charge in [-0.3, -0.25) is 10.1 Å². The Morgan fingerprint density at radius 2 is 2.00 bits per heavy atom. The highest BCUT2D eigenvalue weighted by molar-refractivity contribution is 5.64. The lowest BCUT2D eigenvalue weighted by atomic mass is 9.97. The molecule has 6 heteroatoms. The highest BCUT2D eigenvalue weighted by Crippen LogP contribution is 2.29. The fraction of sp³-hybridized carbons (Fsp3) is 0.500. The van der Waals surface area contributed by atoms with E-state index in [0.29, 0.717) is 12.1 Å². The summed E-state index contributed by atoms with van der Waals surface area (Å²) in [6.07, 6.45) is 0.450. The molecule has 0 fully saturated rings. The van der Waals surface area contributed by atoms with Gasteiger partial charge in [-0.15, -0.1) is 0 Å². The van der Waals surface area contributed by atoms with E-state index in [0.717, 1.165) is 5.56 Å². The van der Waals surface area contributed by atoms with E-state index in [9.17, 15) is 20.3 Å². The lowest BCUT2D eigenvalue weighted by Crippen LogP contribution is -2.45. The number of hydrogen-bond donors (Lipinski definition) is 3. The number of aliphatic hydroxyl groups excluding tert-OH is 2. The summed E-state index contributed by atoms with van der Waals surface area (Å²) in [5.74, 6) is 0. The number of aryl methyl sites for hydroxylation is 1. The number of nitro benzene ring substituents is 1. The van der Waals surface area contributed by atoms with E-state index in [4.69, 9.17) is 0 Å². The molecule has 0 bridgehead atoms. The third kappa shape index (κ3) is 2.96. The first-order valence-electron chi connectivity index (χ1n) is 5.73. The normalized spacial score (nSPS) is 11.3. The first-order chi connectivity index (χ1) is 8.48. The van der Waals surface area contributed by atoms with Gasteiger partial charge in [0.15, 0.2) is 0 Å². The van der Waals surface area contributed by atoms with Crippen molar-refractivity contribution in [1.29, 1.82) is 0 Å². The second-order valence-electron chi connectivity index (χ2n) is 4.35. The van der Waals surface area contributed by atoms with E-state index >= 15 is 0 Å². The number of aliphatic hydroxyl groups is 2. The zero-order valence-electron chi connectivity index (χ0n) is 10.5. The lowest BCUT2D eigenvalue weighted by molar-refractivity contribution is -0.384. The zero-order chi connectivity index (χ0) is 13.8. The summed E-state index contributed by atoms with van der Waals surface area (Å²) in [6, 6.07) is 4.69. The van der Waals surface area contributed by atoms with Crippen LogP contribution in [0.25, 0.3) is 0 Å². The van der Waals surface area contributed by atoms with Gasteiger partial charge >= 0.3 is 0 Å². The van der Waals surface area contributed by atoms with Gasteiger partial charge in [-0.1, -0.05) is 13.0 Å². The van der Waals surface area contributed by atoms with Crippen LogP contribution >= 0.6 is 0 Å². The van der Waals surface area contributed by atoms with Crippen molar-refractivity contribution in [2.24, 2.45) is 0 Å². The molecule has 1 aromatic carbocycles. The molecule has 6 nitrogen and oxygen atoms in total. The van der Waals surface area contributed by atoms with Crippen molar-refractivity contribution < 1.29 is 15.1 Å². The minimum Gasteiger partial charge on any atom is -0.394 e. The van der Waals surface area contributed by atoms with Crippen molar-refractivity contribution in [3.05, 3.63) is 33.9 Å². The zero-order valence-corrected chi connectivity index (χ0v) is 10.5. The molecule has 0 spiro atoms. The molecule has 0 atom stereocenters. The predicted molar refractivity (Wildman–Crippen MR) is 68.6 cm³/mol. The summed E-state index contributed by atoms with van der Waals surface area (Å²) in [5, 5.41) is 32.5. The van der Waals surface area contributed by atoms with Crippen LogP contribution in [-0.2, 0) is 0 Å². The topological polar surface area (TPSA) is 95.6 Å². The molecule has 0 saturated carbocycles. The average Bonchev–Trinajstić information content (AvgIpc) is 2.36. The molecule has 0 aliphatic rings. The summed E-state index contributed by atoms with van der Waals surface area (Å²) in [4.78, 5) is 10.4. The van der Waals surface area contributed by atoms with E-state index in [1.165, 1.54) is 6.07 Å². The van der Waals surface area contributed by atoms with Crippen LogP contribution in [0.4, 0.5) is 11.4 Å². The van der Waals surface area contributed by atoms with Gasteiger partial charge in [-0.2, -0.15) is 0 Å². The van der Waals surface area contributed by atoms with E-state index in [-0.39, 0.29) is 18.9 Å². The summed E-state index contributed by atoms with van der Waals surface area (Å²) in [5.41, 5.74) is 0.160. The summed E-state index contributed by atoms with van der Waals surface area (Å²) in [6.45, 7) is 3.01. The van der Waals surface area contributed by atoms with Crippen LogP contribution in [-0.4, -0.2) is 33.9 Å². The average molecular weight is 254 g/mol. The maximum Gasteiger partial charge on any atom is 0.292 e. The second-order valence-corrected chi connectivity index (χ2v) is 4.35. The summed E-state index contributed by atoms with van der Waals surface area (Å²) in [7, 11) is 0. The molecule has 1 rings (SSSR count). The van der Waals surface area contributed by atoms with Crippen molar-refractivity contribution in [3.63, 3.8) is 0 Å². The number of anilines is 1. The first-order valence-corrected chi connectivity index (χ1v) is 5.73. The number of nitro groups is 1. The van der Waals surface area contributed by atoms with Crippen LogP contribution in [0.1, 0.15) is 18.9 Å². The fourth-order valence-electron chi connectivity index (χ4n) is 1.64. The van der Waals surface area contributed by atoms with E-state index in [1.54, 1.807) is 19.1 Å². The van der Waals surface area contributed by atoms with Crippen LogP contribution in [0.3, 0.4) is 0 Å². The van der Waals surface area contributed by atoms with Gasteiger partial charge in [0.1, 0.15) is 5.69 Å². The van der Waals surface area contributed by atoms with Gasteiger partial charge in [0, 0.05) is 6.07 Å². The Morgan fingerprint density at radius 1 is 1.39 bits per heavy atom. The number of benzene rings is 1. The van der Waals surface area contributed by atoms with Crippen molar-refractivity contribution in [2.75, 3.05) is 18.5 Å². The van der Waals surface area contributed by atoms with Gasteiger partial charge in [-0.25, -0.2) is 0 Å². The monoisotopic (exact) mass is 254 g/mol. The number of hydrogen-bond acceptors (Lipinski definition) is 5. The Hall–Kier alpha value is -1.66. The molecule has 0 aliphatic heterocycles. The molecule has 100 valence electrons. The lowest BCUT2D eigenvalue weighted by Gasteiger charge is -2.30. The molecule has 1 aromatic rings. The number of rotatable bonds is 6. The maximum absolute atomic E-state index is 10.9. The highest BCUT2D eigenvalue weighted by atomic mass is 16.6. The number of nitrogens with zero attached hydrogens (tertiary/aromatic N) is 1. The molecule has 3 N–H and O–H groups in total. The van der Waals surface area contributed by atoms with E-state index in [1.807, 2.05) is 6.92 Å². The molecule has 0 saturated heterocycles. The van der Waals surface area contributed by atoms with Crippen LogP contribution in [0, 0.1) is 17.0 Å². The third-order valence-electron chi connectivity index (χ3n) is 3.03. The quantitative estimate of drug-likeness (QED) is 0.527. The molecule has 0 aliphatic carbocycles. The largest absolute Gasteiger partial charge is 0.394 e. The SMILES string of the molecule is CCC(CO)(CO)Nc1cc(C)ccc1[N+](=O)[O-]. The van der Waals surface area contributed by atoms with Gasteiger partial charge in [0.05, 0.1) is 23.7 Å². The number of nitrogens with one attached hydrogen (secondary N) is 1. The molecule has 18 heavy (non-hydrogen) atoms. The van der Waals surface area contributed by atoms with Crippen molar-refractivity contribution in [1.82, 2.24) is 0 Å². The van der Waals surface area contributed by atoms with Gasteiger partial charge in [0.2, 0.25) is 0 Å². The van der Waals surface area contributed by atoms with Crippen LogP contribution in [0.15, 0.2) is 18.2 Å². The Balaban J connectivity index is 3.16. The van der Waals surface area contributed by atoms with Crippen LogP contribution in [0.2, 0.25) is 0 Å². The summed E-state index contributed by atoms with van der Waals surface area (Å²) >= 11 is 0. The first kappa shape index (κ1) is 14.4. The Labute approximate surface area is 105 Å². The molecular formula is C12H18N2O4. The molecule has 0 heterocycles. The van der Waals surface area contributed by atoms with Crippen LogP contribution < -0.4 is 5.32 Å². The summed E-state index contributed by atoms with van der Waals surface area (Å²) < 4.78 is 0. The van der Waals surface area contributed by atoms with Crippen LogP contribution in [0.5, 0.6) is 0 Å². The van der Waals surface area contributed by atoms with Gasteiger partial charge < -0.3 is 15.5 Å². The minimum absolute atomic E-state index is 0.0691. The van der Waals surface area contributed by atoms with Gasteiger partial charge in [0.25, 0.3) is 5.69 Å². The van der Waals surface area contributed by atoms with Gasteiger partial charge in [-0.05, 0) is 25.0 Å². The maximum atomic E-state index is 10.9. The Morgan fingerprint density at radius 3 is 2.44 bits per heavy atom. The smallest absolute Gasteiger partial charge is 0.292 e. The van der Waals surface area contributed by atoms with E-state index < -0.39 is 10.5 Å². The highest BCUT2D eigenvalue weighted by Gasteiger charge is 2.29. The molecule has 0 amide bonds. The molecule has 0 aromatic heterocycles. The molecule has 0 unspecified atom stereocenters. The molecular weight excluding hydrogens is 236 g/mol. The van der Waals surface area contributed by atoms with E-state index in [2.05, 4.69) is 5.32 Å².